The van der Waals surface area contributed by atoms with Crippen molar-refractivity contribution in [2.75, 3.05) is 26.2 Å². The molecule has 212 valence electrons. The summed E-state index contributed by atoms with van der Waals surface area (Å²) < 4.78 is 0. The maximum Gasteiger partial charge on any atom is 0.245 e. The van der Waals surface area contributed by atoms with Crippen molar-refractivity contribution in [3.05, 3.63) is 107 Å². The molecule has 2 heterocycles. The summed E-state index contributed by atoms with van der Waals surface area (Å²) >= 11 is 0. The zero-order valence-corrected chi connectivity index (χ0v) is 23.7. The molecule has 0 aliphatic carbocycles. The van der Waals surface area contributed by atoms with Gasteiger partial charge in [0.05, 0.1) is 17.7 Å². The number of nitrogens with one attached hydrogen (secondary N) is 1. The van der Waals surface area contributed by atoms with Gasteiger partial charge in [-0.1, -0.05) is 72.8 Å². The number of rotatable bonds is 9. The molecule has 5 rings (SSSR count). The highest BCUT2D eigenvalue weighted by Crippen LogP contribution is 2.35. The highest BCUT2D eigenvalue weighted by atomic mass is 16.2. The zero-order chi connectivity index (χ0) is 28.8. The number of nitrogens with zero attached hydrogens (tertiary/aromatic N) is 3. The topological polar surface area (TPSA) is 102 Å². The highest BCUT2D eigenvalue weighted by Gasteiger charge is 2.40. The number of nitrogens with two attached hydrogens (primary N) is 1. The van der Waals surface area contributed by atoms with Crippen molar-refractivity contribution in [3.8, 4) is 6.07 Å². The van der Waals surface area contributed by atoms with Crippen LogP contribution in [-0.4, -0.2) is 65.9 Å². The molecule has 2 aliphatic heterocycles. The number of hydrogen-bond acceptors (Lipinski definition) is 5. The highest BCUT2D eigenvalue weighted by molar-refractivity contribution is 5.90. The molecule has 2 fully saturated rings. The average Bonchev–Trinajstić information content (AvgIpc) is 3.65. The first-order chi connectivity index (χ1) is 19.9. The van der Waals surface area contributed by atoms with Gasteiger partial charge in [-0.2, -0.15) is 5.26 Å². The summed E-state index contributed by atoms with van der Waals surface area (Å²) in [5.74, 6) is 0.269. The van der Waals surface area contributed by atoms with E-state index in [1.807, 2.05) is 35.2 Å². The van der Waals surface area contributed by atoms with Crippen molar-refractivity contribution in [1.82, 2.24) is 15.1 Å². The fourth-order valence-corrected chi connectivity index (χ4v) is 6.33. The van der Waals surface area contributed by atoms with E-state index in [2.05, 4.69) is 58.8 Å². The van der Waals surface area contributed by atoms with E-state index in [1.54, 1.807) is 19.1 Å². The van der Waals surface area contributed by atoms with Crippen LogP contribution in [0.1, 0.15) is 53.9 Å². The standard InChI is InChI=1S/C34H39N5O2/c1-24(36)33(40)37-32(18-25-9-8-10-26(17-25)20-35)34(41)39-22-30(28-13-6-3-7-14-28)19-31(39)23-38-16-15-29(21-38)27-11-4-2-5-12-27/h2-14,17,24,29-32H,15-16,18-19,21-23,36H2,1H3,(H,37,40)/t24?,29-,30+,31+,32+/m1/s1. The van der Waals surface area contributed by atoms with Gasteiger partial charge in [0.2, 0.25) is 11.8 Å². The second-order valence-electron chi connectivity index (χ2n) is 11.5. The molecule has 1 unspecified atom stereocenters. The third-order valence-corrected chi connectivity index (χ3v) is 8.50. The molecule has 0 bridgehead atoms. The van der Waals surface area contributed by atoms with Crippen LogP contribution in [0.25, 0.3) is 0 Å². The number of carbonyl (C=O) groups is 2. The quantitative estimate of drug-likeness (QED) is 0.423. The predicted octanol–water partition coefficient (Wildman–Crippen LogP) is 3.81. The summed E-state index contributed by atoms with van der Waals surface area (Å²) in [4.78, 5) is 31.5. The molecular formula is C34H39N5O2. The molecule has 3 aromatic rings. The average molecular weight is 550 g/mol. The lowest BCUT2D eigenvalue weighted by atomic mass is 9.96. The number of carbonyl (C=O) groups excluding carboxylic acids is 2. The Bertz CT molecular complexity index is 1370. The van der Waals surface area contributed by atoms with Gasteiger partial charge < -0.3 is 20.9 Å². The molecule has 5 atom stereocenters. The molecule has 0 radical (unpaired) electrons. The molecule has 3 aromatic carbocycles. The smallest absolute Gasteiger partial charge is 0.245 e. The molecule has 2 amide bonds. The van der Waals surface area contributed by atoms with Crippen LogP contribution in [0.5, 0.6) is 0 Å². The van der Waals surface area contributed by atoms with Gasteiger partial charge in [0, 0.05) is 38.0 Å². The van der Waals surface area contributed by atoms with Gasteiger partial charge in [-0.3, -0.25) is 9.59 Å². The van der Waals surface area contributed by atoms with Crippen molar-refractivity contribution < 1.29 is 9.59 Å². The first-order valence-electron chi connectivity index (χ1n) is 14.6. The lowest BCUT2D eigenvalue weighted by molar-refractivity contribution is -0.137. The number of hydrogen-bond donors (Lipinski definition) is 2. The normalized spacial score (nSPS) is 22.2. The first kappa shape index (κ1) is 28.5. The van der Waals surface area contributed by atoms with Crippen molar-refractivity contribution in [2.45, 2.75) is 56.1 Å². The van der Waals surface area contributed by atoms with E-state index in [1.165, 1.54) is 11.1 Å². The Hall–Kier alpha value is -3.99. The van der Waals surface area contributed by atoms with E-state index in [9.17, 15) is 14.9 Å². The lowest BCUT2D eigenvalue weighted by Gasteiger charge is -2.32. The largest absolute Gasteiger partial charge is 0.343 e. The number of nitriles is 1. The summed E-state index contributed by atoms with van der Waals surface area (Å²) in [6, 6.07) is 29.0. The van der Waals surface area contributed by atoms with Crippen LogP contribution in [0, 0.1) is 11.3 Å². The fraction of sp³-hybridized carbons (Fsp3) is 0.382. The van der Waals surface area contributed by atoms with Crippen LogP contribution in [-0.2, 0) is 16.0 Å². The van der Waals surface area contributed by atoms with Gasteiger partial charge in [0.1, 0.15) is 6.04 Å². The Morgan fingerprint density at radius 1 is 0.976 bits per heavy atom. The van der Waals surface area contributed by atoms with Crippen molar-refractivity contribution in [2.24, 2.45) is 5.73 Å². The van der Waals surface area contributed by atoms with E-state index in [4.69, 9.17) is 5.73 Å². The summed E-state index contributed by atoms with van der Waals surface area (Å²) in [5, 5.41) is 12.3. The van der Waals surface area contributed by atoms with Crippen molar-refractivity contribution >= 4 is 11.8 Å². The SMILES string of the molecule is CC(N)C(=O)N[C@@H](Cc1cccc(C#N)c1)C(=O)N1C[C@@H](c2ccccc2)C[C@H]1CN1CC[C@@H](c2ccccc2)C1. The summed E-state index contributed by atoms with van der Waals surface area (Å²) in [5.41, 5.74) is 9.84. The van der Waals surface area contributed by atoms with Crippen molar-refractivity contribution in [3.63, 3.8) is 0 Å². The molecule has 3 N–H and O–H groups in total. The Morgan fingerprint density at radius 2 is 1.66 bits per heavy atom. The minimum Gasteiger partial charge on any atom is -0.343 e. The zero-order valence-electron chi connectivity index (χ0n) is 23.7. The van der Waals surface area contributed by atoms with Gasteiger partial charge in [0.25, 0.3) is 0 Å². The van der Waals surface area contributed by atoms with E-state index >= 15 is 0 Å². The van der Waals surface area contributed by atoms with E-state index in [-0.39, 0.29) is 23.8 Å². The van der Waals surface area contributed by atoms with Crippen LogP contribution in [0.3, 0.4) is 0 Å². The monoisotopic (exact) mass is 549 g/mol. The molecule has 7 nitrogen and oxygen atoms in total. The van der Waals surface area contributed by atoms with Gasteiger partial charge in [0.15, 0.2) is 0 Å². The molecule has 0 saturated carbocycles. The summed E-state index contributed by atoms with van der Waals surface area (Å²) in [7, 11) is 0. The first-order valence-corrected chi connectivity index (χ1v) is 14.6. The molecular weight excluding hydrogens is 510 g/mol. The lowest BCUT2D eigenvalue weighted by Crippen LogP contribution is -2.55. The minimum atomic E-state index is -0.768. The van der Waals surface area contributed by atoms with Crippen LogP contribution < -0.4 is 11.1 Å². The fourth-order valence-electron chi connectivity index (χ4n) is 6.33. The number of amides is 2. The van der Waals surface area contributed by atoms with Gasteiger partial charge in [-0.05, 0) is 61.1 Å². The molecule has 0 spiro atoms. The Morgan fingerprint density at radius 3 is 2.32 bits per heavy atom. The molecule has 2 aliphatic rings. The minimum absolute atomic E-state index is 0.0300. The third kappa shape index (κ3) is 7.02. The summed E-state index contributed by atoms with van der Waals surface area (Å²) in [6.07, 6.45) is 2.28. The van der Waals surface area contributed by atoms with Crippen molar-refractivity contribution in [1.29, 1.82) is 5.26 Å². The summed E-state index contributed by atoms with van der Waals surface area (Å²) in [6.45, 7) is 5.00. The predicted molar refractivity (Wildman–Crippen MR) is 160 cm³/mol. The Balaban J connectivity index is 1.38. The van der Waals surface area contributed by atoms with Crippen LogP contribution >= 0.6 is 0 Å². The molecule has 0 aromatic heterocycles. The third-order valence-electron chi connectivity index (χ3n) is 8.50. The Labute approximate surface area is 242 Å². The van der Waals surface area contributed by atoms with Crippen LogP contribution in [0.4, 0.5) is 0 Å². The molecule has 7 heteroatoms. The second-order valence-corrected chi connectivity index (χ2v) is 11.5. The molecule has 41 heavy (non-hydrogen) atoms. The van der Waals surface area contributed by atoms with E-state index in [0.717, 1.165) is 38.0 Å². The van der Waals surface area contributed by atoms with Gasteiger partial charge in [-0.15, -0.1) is 0 Å². The molecule has 2 saturated heterocycles. The number of benzene rings is 3. The number of likely N-dealkylation sites (tertiary alicyclic amines) is 2. The van der Waals surface area contributed by atoms with E-state index in [0.29, 0.717) is 24.4 Å². The van der Waals surface area contributed by atoms with Crippen LogP contribution in [0.2, 0.25) is 0 Å². The van der Waals surface area contributed by atoms with Gasteiger partial charge in [-0.25, -0.2) is 0 Å². The van der Waals surface area contributed by atoms with E-state index < -0.39 is 12.1 Å². The van der Waals surface area contributed by atoms with Gasteiger partial charge >= 0.3 is 0 Å². The maximum absolute atomic E-state index is 14.3. The Kier molecular flexibility index (Phi) is 9.13. The van der Waals surface area contributed by atoms with Crippen LogP contribution in [0.15, 0.2) is 84.9 Å². The second kappa shape index (κ2) is 13.1. The maximum atomic E-state index is 14.3.